The fourth-order valence-electron chi connectivity index (χ4n) is 8.03. The Morgan fingerprint density at radius 2 is 0.959 bits per heavy atom. The van der Waals surface area contributed by atoms with E-state index in [9.17, 15) is 0 Å². The van der Waals surface area contributed by atoms with Gasteiger partial charge < -0.3 is 9.80 Å². The molecule has 0 saturated heterocycles. The van der Waals surface area contributed by atoms with Crippen molar-refractivity contribution in [2.24, 2.45) is 0 Å². The Hall–Kier alpha value is -4.24. The van der Waals surface area contributed by atoms with Crippen molar-refractivity contribution in [2.45, 2.75) is 105 Å². The van der Waals surface area contributed by atoms with Crippen LogP contribution < -0.4 is 26.2 Å². The molecule has 2 nitrogen and oxygen atoms in total. The lowest BCUT2D eigenvalue weighted by Crippen LogP contribution is -2.63. The summed E-state index contributed by atoms with van der Waals surface area (Å²) in [6, 6.07) is 39.8. The summed E-state index contributed by atoms with van der Waals surface area (Å²) < 4.78 is 0. The molecule has 2 aliphatic rings. The number of nitrogens with zero attached hydrogens (tertiary/aromatic N) is 2. The zero-order chi connectivity index (χ0) is 35.3. The third-order valence-electron chi connectivity index (χ3n) is 11.0. The van der Waals surface area contributed by atoms with Gasteiger partial charge in [0.1, 0.15) is 0 Å². The monoisotopic (exact) mass is 644 g/mol. The van der Waals surface area contributed by atoms with Gasteiger partial charge in [-0.05, 0) is 118 Å². The first-order chi connectivity index (χ1) is 22.9. The molecule has 0 spiro atoms. The lowest BCUT2D eigenvalue weighted by molar-refractivity contribution is 0.535. The average molecular weight is 645 g/mol. The first-order valence-corrected chi connectivity index (χ1v) is 18.1. The van der Waals surface area contributed by atoms with Crippen LogP contribution in [0.2, 0.25) is 0 Å². The largest absolute Gasteiger partial charge is 0.333 e. The van der Waals surface area contributed by atoms with Crippen molar-refractivity contribution in [2.75, 3.05) is 9.80 Å². The van der Waals surface area contributed by atoms with Crippen LogP contribution in [0.5, 0.6) is 0 Å². The van der Waals surface area contributed by atoms with Crippen LogP contribution >= 0.6 is 0 Å². The van der Waals surface area contributed by atoms with Crippen LogP contribution in [0.3, 0.4) is 0 Å². The molecule has 0 unspecified atom stereocenters. The smallest absolute Gasteiger partial charge is 0.252 e. The Labute approximate surface area is 296 Å². The van der Waals surface area contributed by atoms with Crippen molar-refractivity contribution in [3.8, 4) is 0 Å². The number of fused-ring (bicyclic) bond motifs is 4. The highest BCUT2D eigenvalue weighted by atomic mass is 15.2. The summed E-state index contributed by atoms with van der Waals surface area (Å²) in [5.41, 5.74) is 16.9. The zero-order valence-electron chi connectivity index (χ0n) is 31.8. The second kappa shape index (κ2) is 11.1. The first-order valence-electron chi connectivity index (χ1n) is 18.1. The number of anilines is 5. The fourth-order valence-corrected chi connectivity index (χ4v) is 8.03. The van der Waals surface area contributed by atoms with Gasteiger partial charge in [0.2, 0.25) is 0 Å². The van der Waals surface area contributed by atoms with E-state index < -0.39 is 0 Å². The molecule has 5 aromatic carbocycles. The van der Waals surface area contributed by atoms with Gasteiger partial charge >= 0.3 is 0 Å². The molecular formula is C46H53BN2. The molecule has 0 saturated carbocycles. The predicted octanol–water partition coefficient (Wildman–Crippen LogP) is 10.6. The molecule has 49 heavy (non-hydrogen) atoms. The van der Waals surface area contributed by atoms with Gasteiger partial charge in [0.25, 0.3) is 6.71 Å². The second-order valence-corrected chi connectivity index (χ2v) is 18.1. The summed E-state index contributed by atoms with van der Waals surface area (Å²) in [7, 11) is 0. The van der Waals surface area contributed by atoms with Crippen LogP contribution in [-0.2, 0) is 21.8 Å². The van der Waals surface area contributed by atoms with Crippen LogP contribution in [0.1, 0.15) is 104 Å². The minimum Gasteiger partial charge on any atom is -0.333 e. The van der Waals surface area contributed by atoms with E-state index in [0.717, 1.165) is 0 Å². The standard InChI is InChI=1S/C46H53BN2/c1-30-25-40-42-41(26-30)49(46(11,12)31-17-14-13-15-18-31)39-29-34(45(8,9)10)22-24-37(39)47(42)36-23-21-33(44(5,6)7)28-38(36)48(40)35-20-16-19-32(27-35)43(2,3)4/h13-29H,1-12H3. The molecule has 2 heterocycles. The van der Waals surface area contributed by atoms with Gasteiger partial charge in [0, 0.05) is 28.4 Å². The van der Waals surface area contributed by atoms with E-state index in [1.165, 1.54) is 72.6 Å². The SMILES string of the molecule is Cc1cc2c3c(c1)N(C(C)(C)c1ccccc1)c1cc(C(C)(C)C)ccc1B3c1ccc(C(C)(C)C)cc1N2c1cccc(C(C)(C)C)c1. The van der Waals surface area contributed by atoms with Gasteiger partial charge in [-0.1, -0.05) is 129 Å². The molecule has 0 atom stereocenters. The first kappa shape index (κ1) is 33.3. The highest BCUT2D eigenvalue weighted by Crippen LogP contribution is 2.47. The van der Waals surface area contributed by atoms with Crippen molar-refractivity contribution in [3.05, 3.63) is 131 Å². The number of hydrogen-bond donors (Lipinski definition) is 0. The van der Waals surface area contributed by atoms with E-state index in [0.29, 0.717) is 0 Å². The Morgan fingerprint density at radius 3 is 1.55 bits per heavy atom. The van der Waals surface area contributed by atoms with Crippen LogP contribution in [-0.4, -0.2) is 6.71 Å². The number of rotatable bonds is 3. The molecule has 250 valence electrons. The van der Waals surface area contributed by atoms with Crippen molar-refractivity contribution in [1.82, 2.24) is 0 Å². The molecule has 0 radical (unpaired) electrons. The van der Waals surface area contributed by atoms with Crippen LogP contribution in [0.25, 0.3) is 0 Å². The zero-order valence-corrected chi connectivity index (χ0v) is 31.8. The van der Waals surface area contributed by atoms with E-state index in [-0.39, 0.29) is 28.5 Å². The molecule has 0 amide bonds. The summed E-state index contributed by atoms with van der Waals surface area (Å²) >= 11 is 0. The van der Waals surface area contributed by atoms with Crippen molar-refractivity contribution in [3.63, 3.8) is 0 Å². The van der Waals surface area contributed by atoms with Crippen molar-refractivity contribution >= 4 is 51.5 Å². The van der Waals surface area contributed by atoms with E-state index in [2.05, 4.69) is 196 Å². The van der Waals surface area contributed by atoms with E-state index in [1.807, 2.05) is 0 Å². The normalized spacial score (nSPS) is 14.4. The molecule has 0 aromatic heterocycles. The van der Waals surface area contributed by atoms with Crippen LogP contribution in [0.4, 0.5) is 28.4 Å². The maximum absolute atomic E-state index is 2.66. The van der Waals surface area contributed by atoms with E-state index in [1.54, 1.807) is 0 Å². The number of hydrogen-bond acceptors (Lipinski definition) is 2. The summed E-state index contributed by atoms with van der Waals surface area (Å²) in [4.78, 5) is 5.23. The van der Waals surface area contributed by atoms with Crippen molar-refractivity contribution < 1.29 is 0 Å². The summed E-state index contributed by atoms with van der Waals surface area (Å²) in [5, 5.41) is 0. The summed E-state index contributed by atoms with van der Waals surface area (Å²) in [5.74, 6) is 0. The van der Waals surface area contributed by atoms with Gasteiger partial charge in [-0.15, -0.1) is 0 Å². The van der Waals surface area contributed by atoms with Gasteiger partial charge in [0.15, 0.2) is 0 Å². The minimum atomic E-state index is -0.313. The Balaban J connectivity index is 1.60. The molecule has 0 aliphatic carbocycles. The molecule has 7 rings (SSSR count). The molecule has 3 heteroatoms. The lowest BCUT2D eigenvalue weighted by atomic mass is 9.33. The molecule has 5 aromatic rings. The fraction of sp³-hybridized carbons (Fsp3) is 0.348. The predicted molar refractivity (Wildman–Crippen MR) is 215 cm³/mol. The highest BCUT2D eigenvalue weighted by molar-refractivity contribution is 7.00. The van der Waals surface area contributed by atoms with Crippen molar-refractivity contribution in [1.29, 1.82) is 0 Å². The van der Waals surface area contributed by atoms with Gasteiger partial charge in [-0.2, -0.15) is 0 Å². The minimum absolute atomic E-state index is 0.0224. The number of benzene rings is 5. The third kappa shape index (κ3) is 5.50. The second-order valence-electron chi connectivity index (χ2n) is 18.1. The highest BCUT2D eigenvalue weighted by Gasteiger charge is 2.47. The molecule has 0 bridgehead atoms. The van der Waals surface area contributed by atoms with Crippen LogP contribution in [0.15, 0.2) is 103 Å². The Bertz CT molecular complexity index is 2070. The maximum Gasteiger partial charge on any atom is 0.252 e. The van der Waals surface area contributed by atoms with Gasteiger partial charge in [0.05, 0.1) is 5.54 Å². The lowest BCUT2D eigenvalue weighted by Gasteiger charge is -2.50. The van der Waals surface area contributed by atoms with E-state index in [4.69, 9.17) is 0 Å². The van der Waals surface area contributed by atoms with Gasteiger partial charge in [-0.3, -0.25) is 0 Å². The maximum atomic E-state index is 2.66. The molecule has 0 fully saturated rings. The van der Waals surface area contributed by atoms with E-state index >= 15 is 0 Å². The summed E-state index contributed by atoms with van der Waals surface area (Å²) in [6.07, 6.45) is 0. The van der Waals surface area contributed by atoms with Gasteiger partial charge in [-0.25, -0.2) is 0 Å². The topological polar surface area (TPSA) is 6.48 Å². The molecular weight excluding hydrogens is 591 g/mol. The molecule has 2 aliphatic heterocycles. The summed E-state index contributed by atoms with van der Waals surface area (Å²) in [6.45, 7) is 28.1. The average Bonchev–Trinajstić information content (AvgIpc) is 3.03. The quantitative estimate of drug-likeness (QED) is 0.177. The Morgan fingerprint density at radius 1 is 0.449 bits per heavy atom. The molecule has 0 N–H and O–H groups in total. The number of aryl methyl sites for hydroxylation is 1. The third-order valence-corrected chi connectivity index (χ3v) is 11.0. The Kier molecular flexibility index (Phi) is 7.56. The van der Waals surface area contributed by atoms with Crippen LogP contribution in [0, 0.1) is 6.92 Å².